The van der Waals surface area contributed by atoms with Gasteiger partial charge in [0.15, 0.2) is 0 Å². The molecule has 5 nitrogen and oxygen atoms in total. The number of rotatable bonds is 1. The maximum Gasteiger partial charge on any atom is 0.117 e. The number of hydrogen-bond donors (Lipinski definition) is 1. The van der Waals surface area contributed by atoms with E-state index in [9.17, 15) is 5.11 Å². The lowest BCUT2D eigenvalue weighted by Gasteiger charge is -2.22. The number of phenolic OH excluding ortho intramolecular Hbond substituents is 1. The molecule has 1 aliphatic heterocycles. The van der Waals surface area contributed by atoms with Crippen LogP contribution in [-0.4, -0.2) is 33.3 Å². The van der Waals surface area contributed by atoms with Crippen molar-refractivity contribution in [3.05, 3.63) is 18.2 Å². The van der Waals surface area contributed by atoms with Crippen molar-refractivity contribution in [3.8, 4) is 5.75 Å². The van der Waals surface area contributed by atoms with Crippen LogP contribution in [0.1, 0.15) is 18.9 Å². The molecule has 1 fully saturated rings. The molecule has 2 aromatic rings. The van der Waals surface area contributed by atoms with E-state index in [1.165, 1.54) is 0 Å². The zero-order chi connectivity index (χ0) is 11.0. The molecule has 1 aromatic carbocycles. The molecule has 1 aromatic heterocycles. The van der Waals surface area contributed by atoms with Crippen molar-refractivity contribution in [1.29, 1.82) is 0 Å². The molecule has 3 rings (SSSR count). The summed E-state index contributed by atoms with van der Waals surface area (Å²) in [6, 6.07) is 5.53. The minimum atomic E-state index is 0.228. The average Bonchev–Trinajstić information content (AvgIpc) is 2.73. The Morgan fingerprint density at radius 2 is 2.12 bits per heavy atom. The van der Waals surface area contributed by atoms with Gasteiger partial charge in [0.2, 0.25) is 0 Å². The van der Waals surface area contributed by atoms with E-state index in [-0.39, 0.29) is 5.75 Å². The number of fused-ring (bicyclic) bond motifs is 1. The first-order chi connectivity index (χ1) is 7.84. The van der Waals surface area contributed by atoms with Crippen molar-refractivity contribution in [2.75, 3.05) is 13.2 Å². The zero-order valence-electron chi connectivity index (χ0n) is 8.83. The smallest absolute Gasteiger partial charge is 0.117 e. The third-order valence-electron chi connectivity index (χ3n) is 2.99. The summed E-state index contributed by atoms with van der Waals surface area (Å²) in [7, 11) is 0. The fraction of sp³-hybridized carbons (Fsp3) is 0.455. The number of ether oxygens (including phenoxy) is 1. The molecule has 0 saturated carbocycles. The number of aromatic hydroxyl groups is 1. The van der Waals surface area contributed by atoms with Gasteiger partial charge in [0.05, 0.1) is 11.6 Å². The monoisotopic (exact) mass is 219 g/mol. The number of benzene rings is 1. The Morgan fingerprint density at radius 3 is 2.94 bits per heavy atom. The van der Waals surface area contributed by atoms with Gasteiger partial charge in [0.25, 0.3) is 0 Å². The van der Waals surface area contributed by atoms with Crippen molar-refractivity contribution in [2.24, 2.45) is 0 Å². The van der Waals surface area contributed by atoms with Gasteiger partial charge < -0.3 is 9.84 Å². The second kappa shape index (κ2) is 3.75. The summed E-state index contributed by atoms with van der Waals surface area (Å²) in [6.45, 7) is 1.56. The molecular weight excluding hydrogens is 206 g/mol. The number of hydrogen-bond acceptors (Lipinski definition) is 4. The van der Waals surface area contributed by atoms with Gasteiger partial charge >= 0.3 is 0 Å². The Hall–Kier alpha value is -1.62. The molecule has 0 radical (unpaired) electrons. The predicted octanol–water partition coefficient (Wildman–Crippen LogP) is 1.49. The number of nitrogens with zero attached hydrogens (tertiary/aromatic N) is 3. The van der Waals surface area contributed by atoms with Crippen molar-refractivity contribution in [1.82, 2.24) is 15.0 Å². The van der Waals surface area contributed by atoms with Gasteiger partial charge in [-0.05, 0) is 25.0 Å². The largest absolute Gasteiger partial charge is 0.508 e. The van der Waals surface area contributed by atoms with E-state index in [2.05, 4.69) is 10.3 Å². The van der Waals surface area contributed by atoms with Gasteiger partial charge in [-0.15, -0.1) is 5.10 Å². The van der Waals surface area contributed by atoms with Gasteiger partial charge in [0.1, 0.15) is 11.3 Å². The Kier molecular flexibility index (Phi) is 2.25. The highest BCUT2D eigenvalue weighted by atomic mass is 16.5. The molecule has 1 aliphatic rings. The van der Waals surface area contributed by atoms with E-state index in [4.69, 9.17) is 4.74 Å². The lowest BCUT2D eigenvalue weighted by molar-refractivity contribution is 0.0669. The highest BCUT2D eigenvalue weighted by Crippen LogP contribution is 2.25. The Morgan fingerprint density at radius 1 is 1.31 bits per heavy atom. The fourth-order valence-electron chi connectivity index (χ4n) is 2.13. The normalized spacial score (nSPS) is 18.0. The Balaban J connectivity index is 2.03. The SMILES string of the molecule is Oc1ccc2c(c1)nnn2C1CCOCC1. The van der Waals surface area contributed by atoms with Crippen molar-refractivity contribution in [2.45, 2.75) is 18.9 Å². The topological polar surface area (TPSA) is 60.2 Å². The molecule has 0 aliphatic carbocycles. The van der Waals surface area contributed by atoms with Crippen LogP contribution in [0.15, 0.2) is 18.2 Å². The molecule has 1 N–H and O–H groups in total. The van der Waals surface area contributed by atoms with E-state index in [0.29, 0.717) is 6.04 Å². The van der Waals surface area contributed by atoms with Crippen LogP contribution in [0.3, 0.4) is 0 Å². The molecule has 5 heteroatoms. The van der Waals surface area contributed by atoms with Crippen molar-refractivity contribution >= 4 is 11.0 Å². The summed E-state index contributed by atoms with van der Waals surface area (Å²) < 4.78 is 7.27. The van der Waals surface area contributed by atoms with Gasteiger partial charge in [-0.3, -0.25) is 0 Å². The second-order valence-electron chi connectivity index (χ2n) is 4.05. The van der Waals surface area contributed by atoms with E-state index in [1.807, 2.05) is 10.7 Å². The molecule has 0 unspecified atom stereocenters. The predicted molar refractivity (Wildman–Crippen MR) is 58.3 cm³/mol. The first-order valence-corrected chi connectivity index (χ1v) is 5.46. The highest BCUT2D eigenvalue weighted by Gasteiger charge is 2.18. The first kappa shape index (κ1) is 9.59. The van der Waals surface area contributed by atoms with Crippen molar-refractivity contribution in [3.63, 3.8) is 0 Å². The third kappa shape index (κ3) is 1.53. The summed E-state index contributed by atoms with van der Waals surface area (Å²) in [5.41, 5.74) is 1.72. The van der Waals surface area contributed by atoms with Crippen LogP contribution in [-0.2, 0) is 4.74 Å². The standard InChI is InChI=1S/C11H13N3O2/c15-9-1-2-11-10(7-9)12-13-14(11)8-3-5-16-6-4-8/h1-2,7-8,15H,3-6H2. The second-order valence-corrected chi connectivity index (χ2v) is 4.05. The first-order valence-electron chi connectivity index (χ1n) is 5.46. The van der Waals surface area contributed by atoms with Crippen LogP contribution >= 0.6 is 0 Å². The highest BCUT2D eigenvalue weighted by molar-refractivity contribution is 5.75. The van der Waals surface area contributed by atoms with Crippen LogP contribution in [0.4, 0.5) is 0 Å². The molecule has 0 amide bonds. The molecule has 1 saturated heterocycles. The average molecular weight is 219 g/mol. The summed E-state index contributed by atoms with van der Waals surface area (Å²) in [6.07, 6.45) is 1.94. The van der Waals surface area contributed by atoms with Gasteiger partial charge in [-0.1, -0.05) is 5.21 Å². The quantitative estimate of drug-likeness (QED) is 0.789. The number of aromatic nitrogens is 3. The minimum absolute atomic E-state index is 0.228. The van der Waals surface area contributed by atoms with Gasteiger partial charge in [-0.25, -0.2) is 4.68 Å². The van der Waals surface area contributed by atoms with Crippen molar-refractivity contribution < 1.29 is 9.84 Å². The van der Waals surface area contributed by atoms with Gasteiger partial charge in [-0.2, -0.15) is 0 Å². The molecule has 0 spiro atoms. The maximum absolute atomic E-state index is 9.35. The molecule has 2 heterocycles. The summed E-state index contributed by atoms with van der Waals surface area (Å²) in [5.74, 6) is 0.228. The molecule has 16 heavy (non-hydrogen) atoms. The van der Waals surface area contributed by atoms with Crippen LogP contribution in [0.25, 0.3) is 11.0 Å². The van der Waals surface area contributed by atoms with E-state index < -0.39 is 0 Å². The summed E-state index contributed by atoms with van der Waals surface area (Å²) >= 11 is 0. The number of phenols is 1. The fourth-order valence-corrected chi connectivity index (χ4v) is 2.13. The Bertz CT molecular complexity index is 503. The lowest BCUT2D eigenvalue weighted by Crippen LogP contribution is -2.20. The van der Waals surface area contributed by atoms with E-state index >= 15 is 0 Å². The molecular formula is C11H13N3O2. The third-order valence-corrected chi connectivity index (χ3v) is 2.99. The molecule has 0 bridgehead atoms. The van der Waals surface area contributed by atoms with Crippen LogP contribution < -0.4 is 0 Å². The summed E-state index contributed by atoms with van der Waals surface area (Å²) in [4.78, 5) is 0. The van der Waals surface area contributed by atoms with Crippen LogP contribution in [0.2, 0.25) is 0 Å². The lowest BCUT2D eigenvalue weighted by atomic mass is 10.1. The maximum atomic E-state index is 9.35. The van der Waals surface area contributed by atoms with E-state index in [1.54, 1.807) is 12.1 Å². The van der Waals surface area contributed by atoms with Crippen LogP contribution in [0, 0.1) is 0 Å². The van der Waals surface area contributed by atoms with Crippen LogP contribution in [0.5, 0.6) is 5.75 Å². The zero-order valence-corrected chi connectivity index (χ0v) is 8.83. The molecule has 0 atom stereocenters. The molecule has 84 valence electrons. The summed E-state index contributed by atoms with van der Waals surface area (Å²) in [5, 5.41) is 17.6. The minimum Gasteiger partial charge on any atom is -0.508 e. The Labute approximate surface area is 92.6 Å². The van der Waals surface area contributed by atoms with Gasteiger partial charge in [0, 0.05) is 19.3 Å². The van der Waals surface area contributed by atoms with E-state index in [0.717, 1.165) is 37.1 Å².